The van der Waals surface area contributed by atoms with E-state index >= 15 is 0 Å². The Morgan fingerprint density at radius 3 is 2.67 bits per heavy atom. The summed E-state index contributed by atoms with van der Waals surface area (Å²) in [5, 5.41) is 0.738. The van der Waals surface area contributed by atoms with Crippen LogP contribution in [0.25, 0.3) is 0 Å². The molecular weight excluding hydrogens is 250 g/mol. The fraction of sp³-hybridized carbons (Fsp3) is 0.286. The van der Waals surface area contributed by atoms with Gasteiger partial charge < -0.3 is 14.9 Å². The van der Waals surface area contributed by atoms with E-state index in [0.29, 0.717) is 13.2 Å². The minimum Gasteiger partial charge on any atom is -0.486 e. The normalized spacial score (nSPS) is 10.7. The summed E-state index contributed by atoms with van der Waals surface area (Å²) in [4.78, 5) is 0. The van der Waals surface area contributed by atoms with Gasteiger partial charge >= 0.3 is 0 Å². The van der Waals surface area contributed by atoms with Crippen LogP contribution in [0, 0.1) is 13.8 Å². The first-order valence-corrected chi connectivity index (χ1v) is 6.15. The highest BCUT2D eigenvalue weighted by molar-refractivity contribution is 6.31. The predicted molar refractivity (Wildman–Crippen MR) is 71.9 cm³/mol. The maximum absolute atomic E-state index is 5.95. The first-order valence-electron chi connectivity index (χ1n) is 5.77. The molecule has 0 bridgehead atoms. The lowest BCUT2D eigenvalue weighted by Gasteiger charge is -2.05. The average molecular weight is 266 g/mol. The van der Waals surface area contributed by atoms with Crippen molar-refractivity contribution in [3.8, 4) is 5.75 Å². The van der Waals surface area contributed by atoms with Gasteiger partial charge in [0.1, 0.15) is 23.9 Å². The standard InChI is InChI=1S/C14H16ClNO2/c1-9-5-12(3-4-14(9)15)17-8-13-6-11(7-16)10(2)18-13/h3-6H,7-8,16H2,1-2H3. The molecule has 1 heterocycles. The Bertz CT molecular complexity index is 549. The molecule has 96 valence electrons. The van der Waals surface area contributed by atoms with Gasteiger partial charge in [0.05, 0.1) is 0 Å². The molecule has 0 fully saturated rings. The van der Waals surface area contributed by atoms with Crippen molar-refractivity contribution in [3.05, 3.63) is 51.9 Å². The smallest absolute Gasteiger partial charge is 0.146 e. The molecule has 0 aliphatic heterocycles. The zero-order valence-electron chi connectivity index (χ0n) is 10.5. The lowest BCUT2D eigenvalue weighted by atomic mass is 10.2. The number of nitrogens with two attached hydrogens (primary N) is 1. The molecule has 0 aliphatic rings. The van der Waals surface area contributed by atoms with E-state index in [9.17, 15) is 0 Å². The van der Waals surface area contributed by atoms with Crippen molar-refractivity contribution in [3.63, 3.8) is 0 Å². The Morgan fingerprint density at radius 2 is 2.06 bits per heavy atom. The van der Waals surface area contributed by atoms with Crippen molar-refractivity contribution in [2.75, 3.05) is 0 Å². The Morgan fingerprint density at radius 1 is 1.28 bits per heavy atom. The van der Waals surface area contributed by atoms with Gasteiger partial charge in [-0.05, 0) is 43.7 Å². The Labute approximate surface area is 111 Å². The third kappa shape index (κ3) is 2.86. The van der Waals surface area contributed by atoms with E-state index < -0.39 is 0 Å². The van der Waals surface area contributed by atoms with Crippen LogP contribution in [0.4, 0.5) is 0 Å². The van der Waals surface area contributed by atoms with Gasteiger partial charge in [0.15, 0.2) is 0 Å². The van der Waals surface area contributed by atoms with E-state index in [-0.39, 0.29) is 0 Å². The SMILES string of the molecule is Cc1cc(OCc2cc(CN)c(C)o2)ccc1Cl. The molecule has 1 aromatic carbocycles. The predicted octanol–water partition coefficient (Wildman–Crippen LogP) is 3.59. The van der Waals surface area contributed by atoms with Gasteiger partial charge in [-0.2, -0.15) is 0 Å². The molecule has 3 nitrogen and oxygen atoms in total. The Kier molecular flexibility index (Phi) is 3.94. The number of ether oxygens (including phenoxy) is 1. The van der Waals surface area contributed by atoms with Gasteiger partial charge in [-0.15, -0.1) is 0 Å². The number of benzene rings is 1. The van der Waals surface area contributed by atoms with E-state index in [4.69, 9.17) is 26.5 Å². The summed E-state index contributed by atoms with van der Waals surface area (Å²) in [6.07, 6.45) is 0. The van der Waals surface area contributed by atoms with Gasteiger partial charge in [-0.25, -0.2) is 0 Å². The average Bonchev–Trinajstić information content (AvgIpc) is 2.71. The number of aryl methyl sites for hydroxylation is 2. The summed E-state index contributed by atoms with van der Waals surface area (Å²) in [6.45, 7) is 4.72. The fourth-order valence-corrected chi connectivity index (χ4v) is 1.84. The highest BCUT2D eigenvalue weighted by atomic mass is 35.5. The van der Waals surface area contributed by atoms with Crippen molar-refractivity contribution in [2.24, 2.45) is 5.73 Å². The molecular formula is C14H16ClNO2. The molecule has 0 unspecified atom stereocenters. The number of rotatable bonds is 4. The monoisotopic (exact) mass is 265 g/mol. The molecule has 18 heavy (non-hydrogen) atoms. The molecule has 0 spiro atoms. The summed E-state index contributed by atoms with van der Waals surface area (Å²) in [6, 6.07) is 7.50. The summed E-state index contributed by atoms with van der Waals surface area (Å²) < 4.78 is 11.2. The molecule has 2 N–H and O–H groups in total. The van der Waals surface area contributed by atoms with Crippen LogP contribution in [0.1, 0.15) is 22.6 Å². The molecule has 0 aliphatic carbocycles. The summed E-state index contributed by atoms with van der Waals surface area (Å²) in [5.74, 6) is 2.41. The van der Waals surface area contributed by atoms with Crippen molar-refractivity contribution in [1.29, 1.82) is 0 Å². The second-order valence-electron chi connectivity index (χ2n) is 4.20. The van der Waals surface area contributed by atoms with Crippen LogP contribution in [-0.2, 0) is 13.2 Å². The lowest BCUT2D eigenvalue weighted by molar-refractivity contribution is 0.267. The van der Waals surface area contributed by atoms with Crippen LogP contribution in [0.5, 0.6) is 5.75 Å². The Hall–Kier alpha value is -1.45. The van der Waals surface area contributed by atoms with Crippen LogP contribution >= 0.6 is 11.6 Å². The maximum atomic E-state index is 5.95. The zero-order chi connectivity index (χ0) is 13.1. The molecule has 1 aromatic heterocycles. The van der Waals surface area contributed by atoms with Crippen LogP contribution < -0.4 is 10.5 Å². The van der Waals surface area contributed by atoms with Crippen molar-refractivity contribution < 1.29 is 9.15 Å². The number of furan rings is 1. The van der Waals surface area contributed by atoms with E-state index in [0.717, 1.165) is 33.4 Å². The molecule has 2 rings (SSSR count). The summed E-state index contributed by atoms with van der Waals surface area (Å²) in [7, 11) is 0. The highest BCUT2D eigenvalue weighted by Crippen LogP contribution is 2.22. The van der Waals surface area contributed by atoms with Crippen LogP contribution in [-0.4, -0.2) is 0 Å². The lowest BCUT2D eigenvalue weighted by Crippen LogP contribution is -1.96. The second-order valence-corrected chi connectivity index (χ2v) is 4.61. The van der Waals surface area contributed by atoms with Crippen molar-refractivity contribution in [2.45, 2.75) is 27.0 Å². The van der Waals surface area contributed by atoms with Crippen LogP contribution in [0.3, 0.4) is 0 Å². The van der Waals surface area contributed by atoms with Gasteiger partial charge in [0, 0.05) is 17.1 Å². The van der Waals surface area contributed by atoms with Gasteiger partial charge in [0.25, 0.3) is 0 Å². The second kappa shape index (κ2) is 5.46. The molecule has 2 aromatic rings. The molecule has 0 saturated carbocycles. The summed E-state index contributed by atoms with van der Waals surface area (Å²) >= 11 is 5.95. The third-order valence-corrected chi connectivity index (χ3v) is 3.23. The molecule has 4 heteroatoms. The number of halogens is 1. The number of hydrogen-bond donors (Lipinski definition) is 1. The van der Waals surface area contributed by atoms with E-state index in [1.165, 1.54) is 0 Å². The van der Waals surface area contributed by atoms with Gasteiger partial charge in [-0.3, -0.25) is 0 Å². The molecule has 0 amide bonds. The molecule has 0 radical (unpaired) electrons. The molecule has 0 saturated heterocycles. The Balaban J connectivity index is 2.04. The third-order valence-electron chi connectivity index (χ3n) is 2.80. The van der Waals surface area contributed by atoms with Crippen LogP contribution in [0.2, 0.25) is 5.02 Å². The summed E-state index contributed by atoms with van der Waals surface area (Å²) in [5.41, 5.74) is 7.60. The fourth-order valence-electron chi connectivity index (χ4n) is 1.72. The largest absolute Gasteiger partial charge is 0.486 e. The molecule has 0 atom stereocenters. The van der Waals surface area contributed by atoms with Gasteiger partial charge in [-0.1, -0.05) is 11.6 Å². The van der Waals surface area contributed by atoms with Crippen LogP contribution in [0.15, 0.2) is 28.7 Å². The quantitative estimate of drug-likeness (QED) is 0.919. The number of hydrogen-bond acceptors (Lipinski definition) is 3. The minimum atomic E-state index is 0.391. The zero-order valence-corrected chi connectivity index (χ0v) is 11.3. The van der Waals surface area contributed by atoms with Crippen molar-refractivity contribution in [1.82, 2.24) is 0 Å². The topological polar surface area (TPSA) is 48.4 Å². The first kappa shape index (κ1) is 13.0. The van der Waals surface area contributed by atoms with E-state index in [2.05, 4.69) is 0 Å². The van der Waals surface area contributed by atoms with E-state index in [1.807, 2.05) is 38.1 Å². The van der Waals surface area contributed by atoms with Crippen molar-refractivity contribution >= 4 is 11.6 Å². The minimum absolute atomic E-state index is 0.391. The maximum Gasteiger partial charge on any atom is 0.146 e. The van der Waals surface area contributed by atoms with Gasteiger partial charge in [0.2, 0.25) is 0 Å². The first-order chi connectivity index (χ1) is 8.60. The highest BCUT2D eigenvalue weighted by Gasteiger charge is 2.07. The van der Waals surface area contributed by atoms with E-state index in [1.54, 1.807) is 0 Å².